The predicted molar refractivity (Wildman–Crippen MR) is 443 cm³/mol. The number of hydrogen-bond donors (Lipinski definition) is 0. The lowest BCUT2D eigenvalue weighted by atomic mass is 9.99. The molecule has 0 saturated carbocycles. The van der Waals surface area contributed by atoms with E-state index in [1.54, 1.807) is 78.2 Å². The average molecular weight is 1500 g/mol. The summed E-state index contributed by atoms with van der Waals surface area (Å²) in [5.41, 5.74) is 0.775. The van der Waals surface area contributed by atoms with E-state index >= 15 is 0 Å². The topological polar surface area (TPSA) is 213 Å². The Kier molecular flexibility index (Phi) is 77.4. The van der Waals surface area contributed by atoms with Crippen LogP contribution in [0.2, 0.25) is 0 Å². The molecule has 0 bridgehead atoms. The molecule has 3 saturated heterocycles. The highest BCUT2D eigenvalue weighted by Gasteiger charge is 2.21. The van der Waals surface area contributed by atoms with E-state index in [1.165, 1.54) is 51.5 Å². The van der Waals surface area contributed by atoms with Gasteiger partial charge < -0.3 is 14.5 Å². The first-order chi connectivity index (χ1) is 48.1. The molecular weight excluding hydrogens is 1350 g/mol. The molecule has 0 aromatic carbocycles. The number of halogens is 1. The number of nitrogens with zero attached hydrogens (tertiary/aromatic N) is 5. The second-order valence-electron chi connectivity index (χ2n) is 29.1. The van der Waals surface area contributed by atoms with Gasteiger partial charge in [0.1, 0.15) is 0 Å². The second kappa shape index (κ2) is 70.8. The van der Waals surface area contributed by atoms with Crippen LogP contribution in [0.1, 0.15) is 199 Å². The molecule has 0 aromatic rings. The number of carbonyl (C=O) groups excluding carboxylic acids is 9. The number of piperidine rings is 1. The molecule has 3 aliphatic rings. The monoisotopic (exact) mass is 1500 g/mol. The van der Waals surface area contributed by atoms with Crippen LogP contribution in [0, 0.1) is 71.0 Å². The van der Waals surface area contributed by atoms with Crippen molar-refractivity contribution in [3.8, 4) is 11.8 Å². The third-order valence-corrected chi connectivity index (χ3v) is 16.7. The van der Waals surface area contributed by atoms with Crippen molar-refractivity contribution < 1.29 is 60.7 Å². The summed E-state index contributed by atoms with van der Waals surface area (Å²) < 4.78 is 37.7. The number of ether oxygens (including phenoxy) is 1. The molecule has 0 radical (unpaired) electrons. The van der Waals surface area contributed by atoms with Crippen molar-refractivity contribution in [3.05, 3.63) is 110 Å². The van der Waals surface area contributed by atoms with E-state index in [-0.39, 0.29) is 112 Å². The summed E-state index contributed by atoms with van der Waals surface area (Å²) in [6.07, 6.45) is 25.2. The van der Waals surface area contributed by atoms with Crippen molar-refractivity contribution in [2.45, 2.75) is 204 Å². The summed E-state index contributed by atoms with van der Waals surface area (Å²) in [5.74, 6) is 6.48. The number of likely N-dealkylation sites (N-methyl/N-ethyl adjacent to an activating group) is 2. The lowest BCUT2D eigenvalue weighted by molar-refractivity contribution is -0.120. The van der Waals surface area contributed by atoms with Crippen LogP contribution in [0.25, 0.3) is 0 Å². The predicted octanol–water partition coefficient (Wildman–Crippen LogP) is 16.2. The Morgan fingerprint density at radius 3 is 1.11 bits per heavy atom. The van der Waals surface area contributed by atoms with Gasteiger partial charge in [0, 0.05) is 131 Å². The smallest absolute Gasteiger partial charge is 0.207 e. The molecule has 0 N–H and O–H groups in total. The fraction of sp³-hybridized carbons (Fsp3) is 0.663. The van der Waals surface area contributed by atoms with Gasteiger partial charge in [-0.1, -0.05) is 221 Å². The van der Waals surface area contributed by atoms with Crippen molar-refractivity contribution in [2.24, 2.45) is 59.2 Å². The van der Waals surface area contributed by atoms with Gasteiger partial charge in [-0.05, 0) is 128 Å². The molecule has 3 fully saturated rings. The van der Waals surface area contributed by atoms with Crippen molar-refractivity contribution in [1.82, 2.24) is 24.5 Å². The molecule has 606 valence electrons. The first-order valence-corrected chi connectivity index (χ1v) is 38.8. The Morgan fingerprint density at radius 1 is 0.524 bits per heavy atom. The van der Waals surface area contributed by atoms with Crippen molar-refractivity contribution in [1.29, 1.82) is 0 Å². The fourth-order valence-electron chi connectivity index (χ4n) is 7.55. The molecular formula is C86H152FN5O12S. The third-order valence-electron chi connectivity index (χ3n) is 14.9. The highest BCUT2D eigenvalue weighted by atomic mass is 32.2. The maximum absolute atomic E-state index is 11.8. The molecule has 0 unspecified atom stereocenters. The molecule has 105 heavy (non-hydrogen) atoms. The molecule has 0 amide bonds. The first kappa shape index (κ1) is 115. The van der Waals surface area contributed by atoms with Gasteiger partial charge in [0.15, 0.2) is 61.9 Å². The fourth-order valence-corrected chi connectivity index (χ4v) is 7.93. The molecule has 3 rings (SSSR count). The number of rotatable bonds is 31. The van der Waals surface area contributed by atoms with Crippen LogP contribution >= 0.6 is 0 Å². The van der Waals surface area contributed by atoms with Crippen molar-refractivity contribution in [3.63, 3.8) is 0 Å². The Balaban J connectivity index is -0.000000167. The Bertz CT molecular complexity index is 2790. The molecule has 19 heteroatoms. The lowest BCUT2D eigenvalue weighted by Crippen LogP contribution is -2.44. The van der Waals surface area contributed by atoms with Crippen LogP contribution < -0.4 is 0 Å². The minimum absolute atomic E-state index is 0. The normalized spacial score (nSPS) is 14.0. The molecule has 3 aliphatic heterocycles. The van der Waals surface area contributed by atoms with Crippen LogP contribution in [-0.2, 0) is 57.7 Å². The molecule has 0 atom stereocenters. The van der Waals surface area contributed by atoms with E-state index < -0.39 is 21.4 Å². The van der Waals surface area contributed by atoms with Crippen LogP contribution in [0.3, 0.4) is 0 Å². The van der Waals surface area contributed by atoms with Crippen LogP contribution in [0.4, 0.5) is 4.39 Å². The first-order valence-electron chi connectivity index (χ1n) is 37.2. The van der Waals surface area contributed by atoms with Crippen LogP contribution in [0.5, 0.6) is 0 Å². The number of likely N-dealkylation sites (tertiary alicyclic amines) is 2. The number of Topliss-reactive ketones (excluding diaryl/α,β-unsaturated/α-hetero) is 3. The summed E-state index contributed by atoms with van der Waals surface area (Å²) in [6, 6.07) is 0. The molecule has 0 aliphatic carbocycles. The second-order valence-corrected chi connectivity index (χ2v) is 31.5. The zero-order valence-corrected chi connectivity index (χ0v) is 71.1. The number of allylic oxidation sites excluding steroid dienone is 8. The van der Waals surface area contributed by atoms with Gasteiger partial charge in [-0.25, -0.2) is 12.8 Å². The Labute approximate surface area is 642 Å². The Hall–Kier alpha value is -6.11. The lowest BCUT2D eigenvalue weighted by Gasteiger charge is -2.36. The van der Waals surface area contributed by atoms with Crippen molar-refractivity contribution >= 4 is 61.9 Å². The largest absolute Gasteiger partial charge is 0.381 e. The van der Waals surface area contributed by atoms with E-state index in [0.29, 0.717) is 6.61 Å². The SMILES string of the molecule is C.C=C(CCC)C(=O)C(C)C.C=C(F)C(=O)C(C)C.C=CC(=O)C(C)C.C=CS(=O)(=O)C(C)C.CC#CC(=O)C(C)C.CC(C)C(=O)/C=C/CN(C)C.CC(C)C(=O)/C=C/CN1CCCCC1.CC(C)C(=O)/C=C/CN1CCN(C)CC1.CC1CN(C/C=C/C(=O)C(C)C)C1.COC/C=C/C(=O)C(C)C. The number of methoxy groups -OCH3 is 1. The number of ketones is 9. The molecule has 17 nitrogen and oxygen atoms in total. The number of carbonyl (C=O) groups is 9. The molecule has 0 aromatic heterocycles. The molecule has 3 heterocycles. The number of hydrogen-bond acceptors (Lipinski definition) is 17. The quantitative estimate of drug-likeness (QED) is 0.0358. The minimum Gasteiger partial charge on any atom is -0.381 e. The van der Waals surface area contributed by atoms with Gasteiger partial charge in [0.25, 0.3) is 0 Å². The summed E-state index contributed by atoms with van der Waals surface area (Å²) >= 11 is 0. The van der Waals surface area contributed by atoms with Crippen molar-refractivity contribution in [2.75, 3.05) is 113 Å². The summed E-state index contributed by atoms with van der Waals surface area (Å²) in [4.78, 5) is 110. The summed E-state index contributed by atoms with van der Waals surface area (Å²) in [7, 11) is 4.73. The summed E-state index contributed by atoms with van der Waals surface area (Å²) in [6.45, 7) is 69.3. The highest BCUT2D eigenvalue weighted by Crippen LogP contribution is 2.14. The van der Waals surface area contributed by atoms with E-state index in [1.807, 2.05) is 154 Å². The van der Waals surface area contributed by atoms with Gasteiger partial charge in [-0.15, -0.1) is 0 Å². The van der Waals surface area contributed by atoms with Gasteiger partial charge in [0.2, 0.25) is 5.78 Å². The standard InChI is InChI=1S/C12H22N2O.C12H21NO.C11H19NO.C9H17NO.C9H16O.C8H14O2.C7H10O.C6H9FO.C6H10O.C5H10O2S.CH4/c1-11(2)12(15)5-4-6-14-9-7-13(3)8-10-14;1-11(2)12(14)7-6-10-13-8-4-3-5-9-13;1-9(2)11(13)5-4-6-12-7-10(3)8-12;1-8(2)9(11)6-5-7-10(3)4;1-5-6-8(4)9(10)7(2)3;1-7(2)8(9)5-4-6-10-3;1-4-5-7(8)6(2)3;1-4(2)6(8)5(3)7;1-4-6(7)5(2)3;1-4-8(6,7)5(2)3;/h4-5,11H,6-10H2,1-3H3;6-7,11H,3-5,8-10H2,1-2H3;4-5,9-10H,6-8H2,1-3H3;5-6,8H,7H2,1-4H3;7H,4-6H2,1-3H3;4-5,7H,6H2,1-3H3;6H,1-3H3;4H,3H2,1-2H3;4-5H,1H2,2-3H3;4-5H,1H2,2-3H3;1H4/b5-4+;7-6+;5-4+;6-5+;;5-4+;;;;;. The third kappa shape index (κ3) is 74.5. The minimum atomic E-state index is -2.97. The van der Waals surface area contributed by atoms with E-state index in [9.17, 15) is 56.0 Å². The molecule has 0 spiro atoms. The number of sulfone groups is 1. The van der Waals surface area contributed by atoms with Gasteiger partial charge in [-0.3, -0.25) is 57.9 Å². The Morgan fingerprint density at radius 2 is 0.876 bits per heavy atom. The van der Waals surface area contributed by atoms with Crippen LogP contribution in [0.15, 0.2) is 110 Å². The van der Waals surface area contributed by atoms with Gasteiger partial charge in [-0.2, -0.15) is 0 Å². The highest BCUT2D eigenvalue weighted by molar-refractivity contribution is 7.94. The van der Waals surface area contributed by atoms with E-state index in [4.69, 9.17) is 4.74 Å². The average Bonchev–Trinajstić information content (AvgIpc) is 0.892. The summed E-state index contributed by atoms with van der Waals surface area (Å²) in [5, 5.41) is 0.650. The van der Waals surface area contributed by atoms with E-state index in [0.717, 1.165) is 82.1 Å². The maximum atomic E-state index is 11.8. The van der Waals surface area contributed by atoms with Gasteiger partial charge in [0.05, 0.1) is 11.9 Å². The zero-order chi connectivity index (χ0) is 82.4. The zero-order valence-electron chi connectivity index (χ0n) is 70.3. The number of piperazine rings is 1. The maximum Gasteiger partial charge on any atom is 0.207 e. The van der Waals surface area contributed by atoms with Gasteiger partial charge >= 0.3 is 0 Å². The van der Waals surface area contributed by atoms with Crippen LogP contribution in [-0.4, -0.2) is 204 Å². The van der Waals surface area contributed by atoms with E-state index in [2.05, 4.69) is 78.7 Å².